The van der Waals surface area contributed by atoms with Crippen LogP contribution in [-0.4, -0.2) is 85.0 Å². The fourth-order valence-corrected chi connectivity index (χ4v) is 5.92. The van der Waals surface area contributed by atoms with Gasteiger partial charge in [0.2, 0.25) is 5.91 Å². The van der Waals surface area contributed by atoms with E-state index in [9.17, 15) is 9.90 Å². The van der Waals surface area contributed by atoms with Crippen LogP contribution in [0.25, 0.3) is 0 Å². The zero-order valence-electron chi connectivity index (χ0n) is 20.4. The third kappa shape index (κ3) is 4.04. The molecule has 5 rings (SSSR count). The molecule has 182 valence electrons. The van der Waals surface area contributed by atoms with Crippen molar-refractivity contribution in [1.29, 1.82) is 0 Å². The lowest BCUT2D eigenvalue weighted by Gasteiger charge is -2.49. The number of nitrogens with one attached hydrogen (secondary N) is 1. The minimum Gasteiger partial charge on any atom is -0.361 e. The Balaban J connectivity index is 1.28. The van der Waals surface area contributed by atoms with E-state index in [1.165, 1.54) is 5.56 Å². The normalized spacial score (nSPS) is 30.0. The second-order valence-corrected chi connectivity index (χ2v) is 10.3. The van der Waals surface area contributed by atoms with Crippen molar-refractivity contribution in [2.24, 2.45) is 0 Å². The quantitative estimate of drug-likeness (QED) is 0.715. The highest BCUT2D eigenvalue weighted by Crippen LogP contribution is 2.46. The second kappa shape index (κ2) is 8.83. The fourth-order valence-electron chi connectivity index (χ4n) is 5.92. The number of hydrogen-bond donors (Lipinski definition) is 2. The molecule has 8 heteroatoms. The molecule has 3 aliphatic rings. The van der Waals surface area contributed by atoms with E-state index < -0.39 is 6.35 Å². The van der Waals surface area contributed by atoms with Crippen molar-refractivity contribution in [3.05, 3.63) is 54.2 Å². The van der Waals surface area contributed by atoms with Crippen LogP contribution in [0.1, 0.15) is 31.2 Å². The zero-order chi connectivity index (χ0) is 23.9. The highest BCUT2D eigenvalue weighted by atomic mass is 16.3. The molecule has 1 aromatic heterocycles. The van der Waals surface area contributed by atoms with Gasteiger partial charge in [-0.2, -0.15) is 0 Å². The van der Waals surface area contributed by atoms with Crippen LogP contribution in [-0.2, 0) is 10.3 Å². The number of pyridine rings is 1. The molecule has 2 aliphatic heterocycles. The van der Waals surface area contributed by atoms with Crippen molar-refractivity contribution >= 4 is 17.4 Å². The number of rotatable bonds is 4. The minimum atomic E-state index is -0.735. The summed E-state index contributed by atoms with van der Waals surface area (Å²) < 4.78 is 0. The molecule has 1 amide bonds. The average Bonchev–Trinajstić information content (AvgIpc) is 3.17. The molecule has 2 N–H and O–H groups in total. The Morgan fingerprint density at radius 3 is 2.41 bits per heavy atom. The third-order valence-corrected chi connectivity index (χ3v) is 8.25. The number of hydrogen-bond acceptors (Lipinski definition) is 7. The van der Waals surface area contributed by atoms with E-state index in [-0.39, 0.29) is 17.0 Å². The van der Waals surface area contributed by atoms with Crippen LogP contribution in [0, 0.1) is 0 Å². The molecular weight excluding hydrogens is 428 g/mol. The standard InChI is InChI=1S/C26H36N6O2/c1-29(2)26(20-7-5-4-6-8-20)13-11-25(12-14-26)19-32(24(34)28-25)21-9-10-22(27-17-21)31-16-15-30(3)23(33)18-31/h4-10,17,24,28,34H,11-16,18-19H2,1-3H3. The molecule has 1 saturated carbocycles. The lowest BCUT2D eigenvalue weighted by atomic mass is 9.69. The Kier molecular flexibility index (Phi) is 6.00. The Labute approximate surface area is 202 Å². The van der Waals surface area contributed by atoms with Gasteiger partial charge in [0, 0.05) is 37.8 Å². The van der Waals surface area contributed by atoms with Gasteiger partial charge in [0.15, 0.2) is 6.35 Å². The number of aromatic nitrogens is 1. The molecule has 3 heterocycles. The Morgan fingerprint density at radius 2 is 1.79 bits per heavy atom. The van der Waals surface area contributed by atoms with Crippen LogP contribution in [0.3, 0.4) is 0 Å². The van der Waals surface area contributed by atoms with Crippen molar-refractivity contribution < 1.29 is 9.90 Å². The van der Waals surface area contributed by atoms with Crippen molar-refractivity contribution in [3.63, 3.8) is 0 Å². The molecule has 1 aromatic carbocycles. The molecule has 8 nitrogen and oxygen atoms in total. The molecule has 34 heavy (non-hydrogen) atoms. The molecule has 1 aliphatic carbocycles. The molecular formula is C26H36N6O2. The van der Waals surface area contributed by atoms with Gasteiger partial charge in [0.1, 0.15) is 5.82 Å². The first-order valence-electron chi connectivity index (χ1n) is 12.2. The van der Waals surface area contributed by atoms with Gasteiger partial charge in [-0.25, -0.2) is 4.98 Å². The van der Waals surface area contributed by atoms with Gasteiger partial charge < -0.3 is 19.8 Å². The molecule has 0 radical (unpaired) electrons. The number of anilines is 2. The number of aliphatic hydroxyl groups excluding tert-OH is 1. The van der Waals surface area contributed by atoms with Crippen LogP contribution in [0.5, 0.6) is 0 Å². The lowest BCUT2D eigenvalue weighted by Crippen LogP contribution is -2.54. The summed E-state index contributed by atoms with van der Waals surface area (Å²) in [5.41, 5.74) is 2.17. The Morgan fingerprint density at radius 1 is 1.06 bits per heavy atom. The predicted molar refractivity (Wildman–Crippen MR) is 134 cm³/mol. The number of aliphatic hydroxyl groups is 1. The molecule has 1 unspecified atom stereocenters. The zero-order valence-corrected chi connectivity index (χ0v) is 20.4. The van der Waals surface area contributed by atoms with Crippen LogP contribution in [0.2, 0.25) is 0 Å². The summed E-state index contributed by atoms with van der Waals surface area (Å²) >= 11 is 0. The molecule has 1 spiro atoms. The first-order valence-corrected chi connectivity index (χ1v) is 12.2. The van der Waals surface area contributed by atoms with Gasteiger partial charge in [0.25, 0.3) is 0 Å². The number of carbonyl (C=O) groups is 1. The summed E-state index contributed by atoms with van der Waals surface area (Å²) in [6, 6.07) is 14.8. The monoisotopic (exact) mass is 464 g/mol. The number of piperazine rings is 1. The van der Waals surface area contributed by atoms with E-state index >= 15 is 0 Å². The lowest BCUT2D eigenvalue weighted by molar-refractivity contribution is -0.129. The van der Waals surface area contributed by atoms with Gasteiger partial charge in [-0.1, -0.05) is 30.3 Å². The van der Waals surface area contributed by atoms with Crippen molar-refractivity contribution in [1.82, 2.24) is 20.1 Å². The SMILES string of the molecule is CN1CCN(c2ccc(N3CC4(CCC(c5ccccc5)(N(C)C)CC4)NC3O)cn2)CC1=O. The molecule has 3 fully saturated rings. The van der Waals surface area contributed by atoms with Crippen molar-refractivity contribution in [2.45, 2.75) is 43.1 Å². The first-order chi connectivity index (χ1) is 16.3. The number of carbonyl (C=O) groups excluding carboxylic acids is 1. The van der Waals surface area contributed by atoms with Crippen LogP contribution < -0.4 is 15.1 Å². The van der Waals surface area contributed by atoms with Crippen molar-refractivity contribution in [3.8, 4) is 0 Å². The number of amides is 1. The average molecular weight is 465 g/mol. The van der Waals surface area contributed by atoms with Gasteiger partial charge in [-0.3, -0.25) is 15.0 Å². The number of benzene rings is 1. The van der Waals surface area contributed by atoms with Gasteiger partial charge in [0.05, 0.1) is 18.4 Å². The second-order valence-electron chi connectivity index (χ2n) is 10.3. The topological polar surface area (TPSA) is 75.2 Å². The fraction of sp³-hybridized carbons (Fsp3) is 0.538. The molecule has 2 aromatic rings. The molecule has 1 atom stereocenters. The smallest absolute Gasteiger partial charge is 0.241 e. The minimum absolute atomic E-state index is 0.0235. The van der Waals surface area contributed by atoms with E-state index in [0.29, 0.717) is 13.1 Å². The van der Waals surface area contributed by atoms with E-state index in [4.69, 9.17) is 0 Å². The summed E-state index contributed by atoms with van der Waals surface area (Å²) in [6.45, 7) is 2.59. The van der Waals surface area contributed by atoms with Crippen LogP contribution in [0.4, 0.5) is 11.5 Å². The largest absolute Gasteiger partial charge is 0.361 e. The molecule has 0 bridgehead atoms. The van der Waals surface area contributed by atoms with Crippen molar-refractivity contribution in [2.75, 3.05) is 57.1 Å². The van der Waals surface area contributed by atoms with Gasteiger partial charge in [-0.05, 0) is 57.5 Å². The van der Waals surface area contributed by atoms with Gasteiger partial charge >= 0.3 is 0 Å². The Hall–Kier alpha value is -2.68. The summed E-state index contributed by atoms with van der Waals surface area (Å²) in [4.78, 5) is 24.8. The summed E-state index contributed by atoms with van der Waals surface area (Å²) in [5, 5.41) is 14.4. The molecule has 2 saturated heterocycles. The van der Waals surface area contributed by atoms with E-state index in [0.717, 1.165) is 50.3 Å². The maximum Gasteiger partial charge on any atom is 0.241 e. The number of nitrogens with zero attached hydrogens (tertiary/aromatic N) is 5. The summed E-state index contributed by atoms with van der Waals surface area (Å²) in [5.74, 6) is 0.915. The first kappa shape index (κ1) is 23.1. The summed E-state index contributed by atoms with van der Waals surface area (Å²) in [7, 11) is 6.19. The van der Waals surface area contributed by atoms with Crippen LogP contribution in [0.15, 0.2) is 48.7 Å². The van der Waals surface area contributed by atoms with Crippen LogP contribution >= 0.6 is 0 Å². The maximum atomic E-state index is 12.1. The summed E-state index contributed by atoms with van der Waals surface area (Å²) in [6.07, 6.45) is 5.13. The third-order valence-electron chi connectivity index (χ3n) is 8.25. The highest BCUT2D eigenvalue weighted by Gasteiger charge is 2.50. The van der Waals surface area contributed by atoms with E-state index in [1.807, 2.05) is 35.2 Å². The number of likely N-dealkylation sites (N-methyl/N-ethyl adjacent to an activating group) is 1. The van der Waals surface area contributed by atoms with E-state index in [2.05, 4.69) is 59.6 Å². The maximum absolute atomic E-state index is 12.1. The predicted octanol–water partition coefficient (Wildman–Crippen LogP) is 1.82. The highest BCUT2D eigenvalue weighted by molar-refractivity contribution is 5.82. The Bertz CT molecular complexity index is 1000. The van der Waals surface area contributed by atoms with E-state index in [1.54, 1.807) is 4.90 Å². The van der Waals surface area contributed by atoms with Gasteiger partial charge in [-0.15, -0.1) is 0 Å².